The van der Waals surface area contributed by atoms with Crippen LogP contribution in [0.15, 0.2) is 18.2 Å². The van der Waals surface area contributed by atoms with Crippen molar-refractivity contribution in [3.05, 3.63) is 29.6 Å². The van der Waals surface area contributed by atoms with Crippen LogP contribution in [0.2, 0.25) is 0 Å². The van der Waals surface area contributed by atoms with Crippen LogP contribution in [-0.2, 0) is 0 Å². The molecule has 80 valence electrons. The molecule has 0 saturated heterocycles. The minimum absolute atomic E-state index is 0.238. The lowest BCUT2D eigenvalue weighted by molar-refractivity contribution is 0.192. The Morgan fingerprint density at radius 3 is 2.87 bits per heavy atom. The van der Waals surface area contributed by atoms with Gasteiger partial charge in [-0.05, 0) is 32.0 Å². The SMILES string of the molecule is CC#CCOc1ccc(F)cc1[C@@H](C)O. The first-order valence-corrected chi connectivity index (χ1v) is 4.65. The Labute approximate surface area is 88.7 Å². The van der Waals surface area contributed by atoms with Gasteiger partial charge in [0.25, 0.3) is 0 Å². The molecule has 0 saturated carbocycles. The molecule has 0 amide bonds. The molecule has 0 aliphatic heterocycles. The maximum atomic E-state index is 12.9. The maximum absolute atomic E-state index is 12.9. The Morgan fingerprint density at radius 2 is 2.27 bits per heavy atom. The zero-order valence-electron chi connectivity index (χ0n) is 8.75. The molecule has 0 spiro atoms. The molecule has 1 aromatic rings. The van der Waals surface area contributed by atoms with E-state index in [1.165, 1.54) is 18.2 Å². The predicted molar refractivity (Wildman–Crippen MR) is 56.0 cm³/mol. The standard InChI is InChI=1S/C12H13FO2/c1-3-4-7-15-12-6-5-10(13)8-11(12)9(2)14/h5-6,8-9,14H,7H2,1-2H3/t9-/m1/s1. The lowest BCUT2D eigenvalue weighted by Crippen LogP contribution is -2.01. The van der Waals surface area contributed by atoms with Gasteiger partial charge >= 0.3 is 0 Å². The molecule has 3 heteroatoms. The topological polar surface area (TPSA) is 29.5 Å². The van der Waals surface area contributed by atoms with E-state index in [-0.39, 0.29) is 12.4 Å². The fourth-order valence-electron chi connectivity index (χ4n) is 1.16. The van der Waals surface area contributed by atoms with Crippen molar-refractivity contribution >= 4 is 0 Å². The number of hydrogen-bond acceptors (Lipinski definition) is 2. The molecule has 0 unspecified atom stereocenters. The van der Waals surface area contributed by atoms with Gasteiger partial charge in [0.1, 0.15) is 18.2 Å². The summed E-state index contributed by atoms with van der Waals surface area (Å²) in [5, 5.41) is 9.40. The van der Waals surface area contributed by atoms with E-state index >= 15 is 0 Å². The molecule has 0 fully saturated rings. The molecule has 2 nitrogen and oxygen atoms in total. The van der Waals surface area contributed by atoms with Gasteiger partial charge in [-0.1, -0.05) is 5.92 Å². The number of ether oxygens (including phenoxy) is 1. The van der Waals surface area contributed by atoms with Crippen LogP contribution in [-0.4, -0.2) is 11.7 Å². The van der Waals surface area contributed by atoms with Gasteiger partial charge < -0.3 is 9.84 Å². The molecular weight excluding hydrogens is 195 g/mol. The summed E-state index contributed by atoms with van der Waals surface area (Å²) in [6.45, 7) is 3.51. The second-order valence-electron chi connectivity index (χ2n) is 3.07. The molecule has 1 aromatic carbocycles. The highest BCUT2D eigenvalue weighted by Gasteiger charge is 2.09. The van der Waals surface area contributed by atoms with Gasteiger partial charge in [0.05, 0.1) is 6.10 Å². The molecule has 1 N–H and O–H groups in total. The van der Waals surface area contributed by atoms with Crippen molar-refractivity contribution in [2.24, 2.45) is 0 Å². The van der Waals surface area contributed by atoms with E-state index in [9.17, 15) is 9.50 Å². The van der Waals surface area contributed by atoms with Gasteiger partial charge in [-0.3, -0.25) is 0 Å². The molecule has 0 heterocycles. The first-order valence-electron chi connectivity index (χ1n) is 4.65. The van der Waals surface area contributed by atoms with Crippen LogP contribution in [0, 0.1) is 17.7 Å². The van der Waals surface area contributed by atoms with Crippen molar-refractivity contribution in [2.45, 2.75) is 20.0 Å². The van der Waals surface area contributed by atoms with Crippen LogP contribution in [0.4, 0.5) is 4.39 Å². The summed E-state index contributed by atoms with van der Waals surface area (Å²) in [5.74, 6) is 5.49. The Hall–Kier alpha value is -1.53. The van der Waals surface area contributed by atoms with Gasteiger partial charge in [0.2, 0.25) is 0 Å². The molecular formula is C12H13FO2. The quantitative estimate of drug-likeness (QED) is 0.772. The van der Waals surface area contributed by atoms with Crippen molar-refractivity contribution in [3.63, 3.8) is 0 Å². The lowest BCUT2D eigenvalue weighted by Gasteiger charge is -2.11. The molecule has 1 atom stereocenters. The largest absolute Gasteiger partial charge is 0.481 e. The van der Waals surface area contributed by atoms with Crippen molar-refractivity contribution < 1.29 is 14.2 Å². The molecule has 1 rings (SSSR count). The lowest BCUT2D eigenvalue weighted by atomic mass is 10.1. The van der Waals surface area contributed by atoms with E-state index in [1.807, 2.05) is 0 Å². The number of benzene rings is 1. The van der Waals surface area contributed by atoms with E-state index in [0.717, 1.165) is 0 Å². The van der Waals surface area contributed by atoms with Crippen LogP contribution < -0.4 is 4.74 Å². The third-order valence-electron chi connectivity index (χ3n) is 1.90. The fraction of sp³-hybridized carbons (Fsp3) is 0.333. The number of aliphatic hydroxyl groups excluding tert-OH is 1. The monoisotopic (exact) mass is 208 g/mol. The van der Waals surface area contributed by atoms with E-state index in [4.69, 9.17) is 4.74 Å². The highest BCUT2D eigenvalue weighted by molar-refractivity contribution is 5.35. The van der Waals surface area contributed by atoms with Crippen molar-refractivity contribution in [1.29, 1.82) is 0 Å². The Morgan fingerprint density at radius 1 is 1.53 bits per heavy atom. The van der Waals surface area contributed by atoms with Crippen LogP contribution in [0.5, 0.6) is 5.75 Å². The zero-order chi connectivity index (χ0) is 11.3. The first kappa shape index (κ1) is 11.5. The minimum atomic E-state index is -0.759. The third kappa shape index (κ3) is 3.26. The highest BCUT2D eigenvalue weighted by Crippen LogP contribution is 2.25. The summed E-state index contributed by atoms with van der Waals surface area (Å²) in [4.78, 5) is 0. The summed E-state index contributed by atoms with van der Waals surface area (Å²) in [7, 11) is 0. The molecule has 15 heavy (non-hydrogen) atoms. The summed E-state index contributed by atoms with van der Waals surface area (Å²) in [5.41, 5.74) is 0.438. The number of hydrogen-bond donors (Lipinski definition) is 1. The average molecular weight is 208 g/mol. The number of halogens is 1. The molecule has 0 aliphatic carbocycles. The normalized spacial score (nSPS) is 11.5. The second kappa shape index (κ2) is 5.38. The van der Waals surface area contributed by atoms with Gasteiger partial charge in [-0.25, -0.2) is 4.39 Å². The summed E-state index contributed by atoms with van der Waals surface area (Å²) >= 11 is 0. The van der Waals surface area contributed by atoms with Gasteiger partial charge in [0, 0.05) is 5.56 Å². The second-order valence-corrected chi connectivity index (χ2v) is 3.07. The van der Waals surface area contributed by atoms with Crippen LogP contribution >= 0.6 is 0 Å². The minimum Gasteiger partial charge on any atom is -0.481 e. The van der Waals surface area contributed by atoms with E-state index in [1.54, 1.807) is 13.8 Å². The fourth-order valence-corrected chi connectivity index (χ4v) is 1.16. The van der Waals surface area contributed by atoms with Gasteiger partial charge in [-0.15, -0.1) is 5.92 Å². The summed E-state index contributed by atoms with van der Waals surface area (Å²) in [6, 6.07) is 4.05. The van der Waals surface area contributed by atoms with Crippen molar-refractivity contribution in [1.82, 2.24) is 0 Å². The van der Waals surface area contributed by atoms with Gasteiger partial charge in [0.15, 0.2) is 0 Å². The Kier molecular flexibility index (Phi) is 4.14. The van der Waals surface area contributed by atoms with Crippen molar-refractivity contribution in [2.75, 3.05) is 6.61 Å². The Balaban J connectivity index is 2.89. The zero-order valence-corrected chi connectivity index (χ0v) is 8.75. The first-order chi connectivity index (χ1) is 7.15. The van der Waals surface area contributed by atoms with Crippen LogP contribution in [0.3, 0.4) is 0 Å². The van der Waals surface area contributed by atoms with Crippen LogP contribution in [0.25, 0.3) is 0 Å². The molecule has 0 bridgehead atoms. The molecule has 0 radical (unpaired) electrons. The van der Waals surface area contributed by atoms with E-state index < -0.39 is 6.10 Å². The smallest absolute Gasteiger partial charge is 0.149 e. The number of aliphatic hydroxyl groups is 1. The average Bonchev–Trinajstić information content (AvgIpc) is 2.20. The van der Waals surface area contributed by atoms with Gasteiger partial charge in [-0.2, -0.15) is 0 Å². The molecule has 0 aromatic heterocycles. The third-order valence-corrected chi connectivity index (χ3v) is 1.90. The maximum Gasteiger partial charge on any atom is 0.149 e. The number of rotatable bonds is 3. The highest BCUT2D eigenvalue weighted by atomic mass is 19.1. The van der Waals surface area contributed by atoms with Crippen LogP contribution in [0.1, 0.15) is 25.5 Å². The van der Waals surface area contributed by atoms with E-state index in [2.05, 4.69) is 11.8 Å². The summed E-state index contributed by atoms with van der Waals surface area (Å²) in [6.07, 6.45) is -0.759. The summed E-state index contributed by atoms with van der Waals surface area (Å²) < 4.78 is 18.2. The molecule has 0 aliphatic rings. The van der Waals surface area contributed by atoms with E-state index in [0.29, 0.717) is 11.3 Å². The van der Waals surface area contributed by atoms with Crippen molar-refractivity contribution in [3.8, 4) is 17.6 Å². The predicted octanol–water partition coefficient (Wildman–Crippen LogP) is 2.28. The Bertz CT molecular complexity index is 388.